The molecule has 1 aromatic heterocycles. The second-order valence-electron chi connectivity index (χ2n) is 6.38. The number of benzene rings is 1. The predicted molar refractivity (Wildman–Crippen MR) is 94.9 cm³/mol. The number of aromatic nitrogens is 1. The molecule has 9 heteroatoms. The van der Waals surface area contributed by atoms with Crippen LogP contribution in [0, 0.1) is 5.82 Å². The Morgan fingerprint density at radius 1 is 1.11 bits per heavy atom. The Hall–Kier alpha value is -2.84. The number of anilines is 1. The van der Waals surface area contributed by atoms with E-state index < -0.39 is 17.6 Å². The van der Waals surface area contributed by atoms with Gasteiger partial charge in [0.05, 0.1) is 18.2 Å². The summed E-state index contributed by atoms with van der Waals surface area (Å²) in [6.07, 6.45) is -3.02. The first-order valence-electron chi connectivity index (χ1n) is 8.70. The number of nitrogens with zero attached hydrogens (tertiary/aromatic N) is 3. The van der Waals surface area contributed by atoms with Crippen LogP contribution in [0.5, 0.6) is 5.75 Å². The molecular formula is C19H19F4N3O2. The van der Waals surface area contributed by atoms with E-state index in [4.69, 9.17) is 4.74 Å². The van der Waals surface area contributed by atoms with Crippen LogP contribution >= 0.6 is 0 Å². The molecule has 1 saturated heterocycles. The number of alkyl halides is 3. The molecule has 0 unspecified atom stereocenters. The smallest absolute Gasteiger partial charge is 0.417 e. The molecule has 3 rings (SSSR count). The van der Waals surface area contributed by atoms with Crippen LogP contribution in [-0.2, 0) is 6.18 Å². The lowest BCUT2D eigenvalue weighted by Crippen LogP contribution is -2.35. The van der Waals surface area contributed by atoms with Crippen LogP contribution in [0.15, 0.2) is 36.5 Å². The molecule has 150 valence electrons. The molecule has 0 saturated carbocycles. The second-order valence-corrected chi connectivity index (χ2v) is 6.38. The van der Waals surface area contributed by atoms with Gasteiger partial charge in [0.2, 0.25) is 0 Å². The van der Waals surface area contributed by atoms with Crippen LogP contribution < -0.4 is 9.64 Å². The van der Waals surface area contributed by atoms with Crippen molar-refractivity contribution < 1.29 is 27.1 Å². The van der Waals surface area contributed by atoms with E-state index in [-0.39, 0.29) is 17.2 Å². The molecule has 1 aromatic carbocycles. The first-order valence-corrected chi connectivity index (χ1v) is 8.70. The highest BCUT2D eigenvalue weighted by molar-refractivity contribution is 5.97. The number of carbonyl (C=O) groups is 1. The molecule has 1 fully saturated rings. The first-order chi connectivity index (χ1) is 13.3. The maximum Gasteiger partial charge on any atom is 0.417 e. The third-order valence-electron chi connectivity index (χ3n) is 4.57. The van der Waals surface area contributed by atoms with Crippen LogP contribution in [0.1, 0.15) is 22.3 Å². The average molecular weight is 397 g/mol. The van der Waals surface area contributed by atoms with Gasteiger partial charge in [0.25, 0.3) is 5.91 Å². The number of halogens is 4. The Labute approximate surface area is 159 Å². The number of rotatable bonds is 3. The van der Waals surface area contributed by atoms with Gasteiger partial charge in [-0.1, -0.05) is 0 Å². The van der Waals surface area contributed by atoms with Crippen molar-refractivity contribution in [2.75, 3.05) is 38.2 Å². The quantitative estimate of drug-likeness (QED) is 0.743. The third kappa shape index (κ3) is 4.35. The maximum atomic E-state index is 13.6. The molecule has 2 aromatic rings. The third-order valence-corrected chi connectivity index (χ3v) is 4.57. The molecule has 1 aliphatic heterocycles. The van der Waals surface area contributed by atoms with Crippen molar-refractivity contribution in [3.05, 3.63) is 53.5 Å². The Kier molecular flexibility index (Phi) is 5.71. The molecule has 0 aliphatic carbocycles. The standard InChI is InChI=1S/C19H19F4N3O2/c1-28-16-5-4-14(20)11-15(16)18(27)26-8-2-7-25(9-10-26)17-6-3-13(12-24-17)19(21,22)23/h3-6,11-12H,2,7-10H2,1H3. The van der Waals surface area contributed by atoms with Crippen molar-refractivity contribution in [1.82, 2.24) is 9.88 Å². The maximum absolute atomic E-state index is 13.6. The van der Waals surface area contributed by atoms with E-state index >= 15 is 0 Å². The topological polar surface area (TPSA) is 45.7 Å². The molecule has 28 heavy (non-hydrogen) atoms. The van der Waals surface area contributed by atoms with E-state index in [9.17, 15) is 22.4 Å². The first kappa shape index (κ1) is 19.9. The zero-order chi connectivity index (χ0) is 20.3. The van der Waals surface area contributed by atoms with Crippen LogP contribution in [0.4, 0.5) is 23.4 Å². The highest BCUT2D eigenvalue weighted by Gasteiger charge is 2.31. The highest BCUT2D eigenvalue weighted by atomic mass is 19.4. The van der Waals surface area contributed by atoms with Gasteiger partial charge in [-0.3, -0.25) is 4.79 Å². The molecule has 1 amide bonds. The van der Waals surface area contributed by atoms with E-state index in [0.717, 1.165) is 18.3 Å². The van der Waals surface area contributed by atoms with Gasteiger partial charge in [0.15, 0.2) is 0 Å². The minimum atomic E-state index is -4.43. The molecular weight excluding hydrogens is 378 g/mol. The lowest BCUT2D eigenvalue weighted by atomic mass is 10.1. The average Bonchev–Trinajstić information content (AvgIpc) is 2.93. The Balaban J connectivity index is 1.71. The fraction of sp³-hybridized carbons (Fsp3) is 0.368. The number of pyridine rings is 1. The molecule has 5 nitrogen and oxygen atoms in total. The zero-order valence-corrected chi connectivity index (χ0v) is 15.2. The summed E-state index contributed by atoms with van der Waals surface area (Å²) in [5.41, 5.74) is -0.662. The molecule has 0 atom stereocenters. The summed E-state index contributed by atoms with van der Waals surface area (Å²) in [7, 11) is 1.41. The number of amides is 1. The van der Waals surface area contributed by atoms with Crippen LogP contribution in [0.25, 0.3) is 0 Å². The number of hydrogen-bond acceptors (Lipinski definition) is 4. The van der Waals surface area contributed by atoms with Gasteiger partial charge in [-0.15, -0.1) is 0 Å². The molecule has 0 N–H and O–H groups in total. The largest absolute Gasteiger partial charge is 0.496 e. The second kappa shape index (κ2) is 8.04. The van der Waals surface area contributed by atoms with Gasteiger partial charge >= 0.3 is 6.18 Å². The van der Waals surface area contributed by atoms with Crippen molar-refractivity contribution in [2.45, 2.75) is 12.6 Å². The van der Waals surface area contributed by atoms with Gasteiger partial charge in [-0.25, -0.2) is 9.37 Å². The highest BCUT2D eigenvalue weighted by Crippen LogP contribution is 2.29. The van der Waals surface area contributed by atoms with E-state index in [1.54, 1.807) is 4.90 Å². The minimum Gasteiger partial charge on any atom is -0.496 e. The summed E-state index contributed by atoms with van der Waals surface area (Å²) < 4.78 is 56.8. The SMILES string of the molecule is COc1ccc(F)cc1C(=O)N1CCCN(c2ccc(C(F)(F)F)cn2)CC1. The van der Waals surface area contributed by atoms with Crippen molar-refractivity contribution in [1.29, 1.82) is 0 Å². The van der Waals surface area contributed by atoms with E-state index in [1.165, 1.54) is 25.3 Å². The van der Waals surface area contributed by atoms with Crippen LogP contribution in [-0.4, -0.2) is 49.1 Å². The summed E-state index contributed by atoms with van der Waals surface area (Å²) in [6.45, 7) is 1.72. The molecule has 0 spiro atoms. The molecule has 1 aliphatic rings. The van der Waals surface area contributed by atoms with E-state index in [1.807, 2.05) is 4.90 Å². The summed E-state index contributed by atoms with van der Waals surface area (Å²) in [6, 6.07) is 6.08. The zero-order valence-electron chi connectivity index (χ0n) is 15.2. The fourth-order valence-corrected chi connectivity index (χ4v) is 3.11. The number of methoxy groups -OCH3 is 1. The van der Waals surface area contributed by atoms with E-state index in [0.29, 0.717) is 38.4 Å². The Morgan fingerprint density at radius 2 is 1.89 bits per heavy atom. The normalized spacial score (nSPS) is 15.3. The monoisotopic (exact) mass is 397 g/mol. The van der Waals surface area contributed by atoms with Crippen molar-refractivity contribution in [3.63, 3.8) is 0 Å². The minimum absolute atomic E-state index is 0.142. The lowest BCUT2D eigenvalue weighted by molar-refractivity contribution is -0.137. The van der Waals surface area contributed by atoms with Crippen LogP contribution in [0.3, 0.4) is 0 Å². The van der Waals surface area contributed by atoms with E-state index in [2.05, 4.69) is 4.98 Å². The number of carbonyl (C=O) groups excluding carboxylic acids is 1. The predicted octanol–water partition coefficient (Wildman–Crippen LogP) is 3.60. The lowest BCUT2D eigenvalue weighted by Gasteiger charge is -2.23. The number of hydrogen-bond donors (Lipinski definition) is 0. The molecule has 0 radical (unpaired) electrons. The Morgan fingerprint density at radius 3 is 2.54 bits per heavy atom. The molecule has 2 heterocycles. The van der Waals surface area contributed by atoms with Gasteiger partial charge in [0.1, 0.15) is 17.4 Å². The van der Waals surface area contributed by atoms with Crippen molar-refractivity contribution in [3.8, 4) is 5.75 Å². The van der Waals surface area contributed by atoms with Gasteiger partial charge < -0.3 is 14.5 Å². The summed E-state index contributed by atoms with van der Waals surface area (Å²) in [5.74, 6) is -0.171. The van der Waals surface area contributed by atoms with Gasteiger partial charge in [-0.2, -0.15) is 13.2 Å². The summed E-state index contributed by atoms with van der Waals surface area (Å²) >= 11 is 0. The number of ether oxygens (including phenoxy) is 1. The van der Waals surface area contributed by atoms with Gasteiger partial charge in [0, 0.05) is 32.4 Å². The fourth-order valence-electron chi connectivity index (χ4n) is 3.11. The van der Waals surface area contributed by atoms with Crippen molar-refractivity contribution >= 4 is 11.7 Å². The van der Waals surface area contributed by atoms with Gasteiger partial charge in [-0.05, 0) is 36.8 Å². The summed E-state index contributed by atoms with van der Waals surface area (Å²) in [4.78, 5) is 20.1. The van der Waals surface area contributed by atoms with Crippen LogP contribution in [0.2, 0.25) is 0 Å². The van der Waals surface area contributed by atoms with Crippen molar-refractivity contribution in [2.24, 2.45) is 0 Å². The molecule has 0 bridgehead atoms. The summed E-state index contributed by atoms with van der Waals surface area (Å²) in [5, 5.41) is 0. The Bertz CT molecular complexity index is 840.